The summed E-state index contributed by atoms with van der Waals surface area (Å²) >= 11 is 0. The third-order valence-corrected chi connectivity index (χ3v) is 3.59. The normalized spacial score (nSPS) is 14.2. The molecule has 6 heteroatoms. The highest BCUT2D eigenvalue weighted by Crippen LogP contribution is 2.19. The Hall–Kier alpha value is -2.50. The first-order valence-electron chi connectivity index (χ1n) is 7.29. The first-order valence-corrected chi connectivity index (χ1v) is 7.29. The number of amides is 1. The summed E-state index contributed by atoms with van der Waals surface area (Å²) in [5, 5.41) is 2.72. The molecule has 0 spiro atoms. The van der Waals surface area contributed by atoms with Crippen LogP contribution in [0.2, 0.25) is 0 Å². The lowest BCUT2D eigenvalue weighted by Crippen LogP contribution is -2.22. The predicted octanol–water partition coefficient (Wildman–Crippen LogP) is 2.78. The zero-order valence-electron chi connectivity index (χ0n) is 12.3. The molecule has 5 nitrogen and oxygen atoms in total. The lowest BCUT2D eigenvalue weighted by Gasteiger charge is -2.17. The zero-order chi connectivity index (χ0) is 15.5. The molecule has 1 saturated heterocycles. The summed E-state index contributed by atoms with van der Waals surface area (Å²) in [7, 11) is 0. The number of aryl methyl sites for hydroxylation is 1. The summed E-state index contributed by atoms with van der Waals surface area (Å²) in [4.78, 5) is 23.1. The number of hydrogen-bond donors (Lipinski definition) is 1. The summed E-state index contributed by atoms with van der Waals surface area (Å²) in [6, 6.07) is 7.34. The molecule has 1 aliphatic rings. The molecule has 2 aromatic rings. The summed E-state index contributed by atoms with van der Waals surface area (Å²) in [5.41, 5.74) is 0.851. The molecule has 114 valence electrons. The number of carbonyl (C=O) groups excluding carboxylic acids is 1. The number of anilines is 2. The fraction of sp³-hybridized carbons (Fsp3) is 0.312. The minimum atomic E-state index is -0.341. The molecular formula is C16H17FN4O. The van der Waals surface area contributed by atoms with Crippen LogP contribution in [0.15, 0.2) is 30.3 Å². The van der Waals surface area contributed by atoms with Crippen LogP contribution in [0.25, 0.3) is 0 Å². The van der Waals surface area contributed by atoms with Gasteiger partial charge in [-0.1, -0.05) is 0 Å². The van der Waals surface area contributed by atoms with Gasteiger partial charge in [0.15, 0.2) is 0 Å². The van der Waals surface area contributed by atoms with Crippen LogP contribution in [0.4, 0.5) is 15.9 Å². The molecule has 1 aromatic carbocycles. The van der Waals surface area contributed by atoms with E-state index in [-0.39, 0.29) is 11.7 Å². The van der Waals surface area contributed by atoms with Crippen molar-refractivity contribution in [2.75, 3.05) is 23.3 Å². The maximum Gasteiger partial charge on any atom is 0.274 e. The Morgan fingerprint density at radius 3 is 2.55 bits per heavy atom. The van der Waals surface area contributed by atoms with E-state index in [1.807, 2.05) is 0 Å². The van der Waals surface area contributed by atoms with Crippen molar-refractivity contribution in [3.05, 3.63) is 47.7 Å². The molecule has 1 fully saturated rings. The standard InChI is InChI=1S/C16H17FN4O/c1-11-18-14(10-15(19-11)21-8-2-3-9-21)16(22)20-13-6-4-12(17)5-7-13/h4-7,10H,2-3,8-9H2,1H3,(H,20,22). The van der Waals surface area contributed by atoms with Crippen LogP contribution in [0.5, 0.6) is 0 Å². The first-order chi connectivity index (χ1) is 10.6. The van der Waals surface area contributed by atoms with Gasteiger partial charge in [-0.15, -0.1) is 0 Å². The van der Waals surface area contributed by atoms with Crippen LogP contribution in [0.1, 0.15) is 29.2 Å². The SMILES string of the molecule is Cc1nc(C(=O)Nc2ccc(F)cc2)cc(N2CCCC2)n1. The number of aromatic nitrogens is 2. The third kappa shape index (κ3) is 3.21. The predicted molar refractivity (Wildman–Crippen MR) is 82.6 cm³/mol. The van der Waals surface area contributed by atoms with Crippen molar-refractivity contribution in [2.45, 2.75) is 19.8 Å². The number of nitrogens with one attached hydrogen (secondary N) is 1. The van der Waals surface area contributed by atoms with Gasteiger partial charge in [-0.2, -0.15) is 0 Å². The second-order valence-corrected chi connectivity index (χ2v) is 5.31. The van der Waals surface area contributed by atoms with E-state index in [1.54, 1.807) is 13.0 Å². The fourth-order valence-electron chi connectivity index (χ4n) is 2.50. The highest BCUT2D eigenvalue weighted by molar-refractivity contribution is 6.03. The molecule has 0 aliphatic carbocycles. The minimum Gasteiger partial charge on any atom is -0.356 e. The highest BCUT2D eigenvalue weighted by Gasteiger charge is 2.17. The van der Waals surface area contributed by atoms with E-state index in [0.717, 1.165) is 31.7 Å². The number of benzene rings is 1. The van der Waals surface area contributed by atoms with Crippen LogP contribution in [0, 0.1) is 12.7 Å². The Morgan fingerprint density at radius 1 is 1.18 bits per heavy atom. The van der Waals surface area contributed by atoms with Crippen LogP contribution >= 0.6 is 0 Å². The van der Waals surface area contributed by atoms with Gasteiger partial charge in [0, 0.05) is 24.8 Å². The van der Waals surface area contributed by atoms with Gasteiger partial charge < -0.3 is 10.2 Å². The topological polar surface area (TPSA) is 58.1 Å². The van der Waals surface area contributed by atoms with Gasteiger partial charge in [0.05, 0.1) is 0 Å². The lowest BCUT2D eigenvalue weighted by molar-refractivity contribution is 0.102. The molecule has 2 heterocycles. The summed E-state index contributed by atoms with van der Waals surface area (Å²) in [6.07, 6.45) is 2.28. The van der Waals surface area contributed by atoms with Crippen LogP contribution in [0.3, 0.4) is 0 Å². The van der Waals surface area contributed by atoms with Crippen LogP contribution in [-0.4, -0.2) is 29.0 Å². The van der Waals surface area contributed by atoms with Crippen molar-refractivity contribution < 1.29 is 9.18 Å². The molecule has 0 bridgehead atoms. The highest BCUT2D eigenvalue weighted by atomic mass is 19.1. The van der Waals surface area contributed by atoms with Gasteiger partial charge in [-0.05, 0) is 44.0 Å². The molecule has 1 aliphatic heterocycles. The van der Waals surface area contributed by atoms with Crippen molar-refractivity contribution in [1.82, 2.24) is 9.97 Å². The third-order valence-electron chi connectivity index (χ3n) is 3.59. The molecular weight excluding hydrogens is 283 g/mol. The first kappa shape index (κ1) is 14.4. The summed E-state index contributed by atoms with van der Waals surface area (Å²) < 4.78 is 12.9. The molecule has 3 rings (SSSR count). The average Bonchev–Trinajstić information content (AvgIpc) is 3.03. The molecule has 0 saturated carbocycles. The molecule has 0 unspecified atom stereocenters. The van der Waals surface area contributed by atoms with Gasteiger partial charge in [-0.25, -0.2) is 14.4 Å². The Kier molecular flexibility index (Phi) is 4.00. The van der Waals surface area contributed by atoms with Crippen molar-refractivity contribution >= 4 is 17.4 Å². The van der Waals surface area contributed by atoms with Crippen molar-refractivity contribution in [2.24, 2.45) is 0 Å². The van der Waals surface area contributed by atoms with Gasteiger partial charge in [0.25, 0.3) is 5.91 Å². The molecule has 0 atom stereocenters. The van der Waals surface area contributed by atoms with Crippen molar-refractivity contribution in [3.8, 4) is 0 Å². The summed E-state index contributed by atoms with van der Waals surface area (Å²) in [6.45, 7) is 3.68. The van der Waals surface area contributed by atoms with E-state index < -0.39 is 0 Å². The van der Waals surface area contributed by atoms with Gasteiger partial charge in [0.2, 0.25) is 0 Å². The van der Waals surface area contributed by atoms with Crippen LogP contribution < -0.4 is 10.2 Å². The van der Waals surface area contributed by atoms with Crippen molar-refractivity contribution in [1.29, 1.82) is 0 Å². The molecule has 1 aromatic heterocycles. The lowest BCUT2D eigenvalue weighted by atomic mass is 10.3. The smallest absolute Gasteiger partial charge is 0.274 e. The maximum absolute atomic E-state index is 12.9. The quantitative estimate of drug-likeness (QED) is 0.947. The van der Waals surface area contributed by atoms with Crippen molar-refractivity contribution in [3.63, 3.8) is 0 Å². The number of nitrogens with zero attached hydrogens (tertiary/aromatic N) is 3. The Labute approximate surface area is 128 Å². The number of carbonyl (C=O) groups is 1. The van der Waals surface area contributed by atoms with E-state index in [2.05, 4.69) is 20.2 Å². The number of hydrogen-bond acceptors (Lipinski definition) is 4. The largest absolute Gasteiger partial charge is 0.356 e. The van der Waals surface area contributed by atoms with E-state index >= 15 is 0 Å². The van der Waals surface area contributed by atoms with Gasteiger partial charge in [-0.3, -0.25) is 4.79 Å². The van der Waals surface area contributed by atoms with E-state index in [4.69, 9.17) is 0 Å². The monoisotopic (exact) mass is 300 g/mol. The average molecular weight is 300 g/mol. The van der Waals surface area contributed by atoms with E-state index in [0.29, 0.717) is 17.2 Å². The van der Waals surface area contributed by atoms with E-state index in [9.17, 15) is 9.18 Å². The molecule has 0 radical (unpaired) electrons. The Morgan fingerprint density at radius 2 is 1.86 bits per heavy atom. The Bertz CT molecular complexity index is 681. The van der Waals surface area contributed by atoms with Crippen LogP contribution in [-0.2, 0) is 0 Å². The zero-order valence-corrected chi connectivity index (χ0v) is 12.3. The molecule has 1 N–H and O–H groups in total. The number of rotatable bonds is 3. The molecule has 1 amide bonds. The summed E-state index contributed by atoms with van der Waals surface area (Å²) in [5.74, 6) is 0.688. The second kappa shape index (κ2) is 6.09. The molecule has 22 heavy (non-hydrogen) atoms. The fourth-order valence-corrected chi connectivity index (χ4v) is 2.50. The Balaban J connectivity index is 1.80. The van der Waals surface area contributed by atoms with Gasteiger partial charge >= 0.3 is 0 Å². The van der Waals surface area contributed by atoms with E-state index in [1.165, 1.54) is 24.3 Å². The number of halogens is 1. The second-order valence-electron chi connectivity index (χ2n) is 5.31. The minimum absolute atomic E-state index is 0.318. The maximum atomic E-state index is 12.9. The van der Waals surface area contributed by atoms with Gasteiger partial charge in [0.1, 0.15) is 23.2 Å².